The van der Waals surface area contributed by atoms with E-state index in [2.05, 4.69) is 22.1 Å². The van der Waals surface area contributed by atoms with E-state index in [1.807, 2.05) is 24.3 Å². The molecule has 0 unspecified atom stereocenters. The molecule has 2 heterocycles. The second kappa shape index (κ2) is 4.68. The Morgan fingerprint density at radius 3 is 2.84 bits per heavy atom. The molecule has 0 saturated carbocycles. The monoisotopic (exact) mass is 255 g/mol. The molecule has 96 valence electrons. The Kier molecular flexibility index (Phi) is 2.87. The maximum Gasteiger partial charge on any atom is 0.253 e. The maximum atomic E-state index is 5.62. The van der Waals surface area contributed by atoms with Gasteiger partial charge in [-0.05, 0) is 30.7 Å². The van der Waals surface area contributed by atoms with Crippen LogP contribution in [0.5, 0.6) is 5.75 Å². The Bertz CT molecular complexity index is 722. The van der Waals surface area contributed by atoms with Gasteiger partial charge in [-0.3, -0.25) is 4.98 Å². The Morgan fingerprint density at radius 1 is 1.16 bits per heavy atom. The van der Waals surface area contributed by atoms with Crippen molar-refractivity contribution in [3.05, 3.63) is 47.8 Å². The normalized spacial score (nSPS) is 10.8. The highest BCUT2D eigenvalue weighted by Gasteiger charge is 2.05. The molecule has 0 spiro atoms. The van der Waals surface area contributed by atoms with Crippen molar-refractivity contribution in [1.82, 2.24) is 15.2 Å². The summed E-state index contributed by atoms with van der Waals surface area (Å²) in [6.07, 6.45) is 1.79. The van der Waals surface area contributed by atoms with E-state index in [4.69, 9.17) is 9.15 Å². The summed E-state index contributed by atoms with van der Waals surface area (Å²) in [5, 5.41) is 8.76. The minimum Gasteiger partial charge on any atom is -0.484 e. The Balaban J connectivity index is 1.82. The summed E-state index contributed by atoms with van der Waals surface area (Å²) in [6.45, 7) is 4.07. The number of aryl methyl sites for hydroxylation is 2. The van der Waals surface area contributed by atoms with Crippen molar-refractivity contribution in [1.29, 1.82) is 0 Å². The summed E-state index contributed by atoms with van der Waals surface area (Å²) in [7, 11) is 0. The largest absolute Gasteiger partial charge is 0.484 e. The Morgan fingerprint density at radius 2 is 2.05 bits per heavy atom. The van der Waals surface area contributed by atoms with Gasteiger partial charge in [-0.2, -0.15) is 0 Å². The molecule has 0 amide bonds. The molecule has 3 aromatic rings. The third-order valence-corrected chi connectivity index (χ3v) is 2.86. The number of fused-ring (bicyclic) bond motifs is 1. The van der Waals surface area contributed by atoms with Crippen LogP contribution in [0, 0.1) is 13.8 Å². The molecule has 0 aliphatic rings. The maximum absolute atomic E-state index is 5.62. The molecule has 0 radical (unpaired) electrons. The van der Waals surface area contributed by atoms with Crippen LogP contribution in [0.15, 0.2) is 34.9 Å². The summed E-state index contributed by atoms with van der Waals surface area (Å²) < 4.78 is 10.9. The van der Waals surface area contributed by atoms with E-state index in [0.717, 1.165) is 16.7 Å². The van der Waals surface area contributed by atoms with Crippen LogP contribution in [0.25, 0.3) is 10.9 Å². The first-order chi connectivity index (χ1) is 9.22. The molecule has 0 aliphatic heterocycles. The fourth-order valence-electron chi connectivity index (χ4n) is 1.90. The minimum atomic E-state index is 0.262. The van der Waals surface area contributed by atoms with Gasteiger partial charge >= 0.3 is 0 Å². The third-order valence-electron chi connectivity index (χ3n) is 2.86. The van der Waals surface area contributed by atoms with Crippen LogP contribution in [0.4, 0.5) is 0 Å². The number of benzene rings is 1. The van der Waals surface area contributed by atoms with E-state index in [1.165, 1.54) is 5.56 Å². The summed E-state index contributed by atoms with van der Waals surface area (Å²) in [4.78, 5) is 4.33. The summed E-state index contributed by atoms with van der Waals surface area (Å²) in [5.74, 6) is 1.74. The predicted octanol–water partition coefficient (Wildman–Crippen LogP) is 2.81. The smallest absolute Gasteiger partial charge is 0.253 e. The predicted molar refractivity (Wildman–Crippen MR) is 69.8 cm³/mol. The zero-order valence-corrected chi connectivity index (χ0v) is 10.8. The van der Waals surface area contributed by atoms with E-state index in [9.17, 15) is 0 Å². The van der Waals surface area contributed by atoms with Gasteiger partial charge < -0.3 is 9.15 Å². The molecule has 5 heteroatoms. The molecule has 0 saturated heterocycles. The molecule has 2 aromatic heterocycles. The molecular formula is C14H13N3O2. The first-order valence-corrected chi connectivity index (χ1v) is 5.99. The van der Waals surface area contributed by atoms with Crippen LogP contribution >= 0.6 is 0 Å². The number of hydrogen-bond donors (Lipinski definition) is 0. The Hall–Kier alpha value is -2.43. The van der Waals surface area contributed by atoms with E-state index in [0.29, 0.717) is 11.8 Å². The molecular weight excluding hydrogens is 242 g/mol. The first-order valence-electron chi connectivity index (χ1n) is 5.99. The molecule has 0 aliphatic carbocycles. The number of rotatable bonds is 3. The number of ether oxygens (including phenoxy) is 1. The highest BCUT2D eigenvalue weighted by atomic mass is 16.5. The first kappa shape index (κ1) is 11.6. The number of aromatic nitrogens is 3. The van der Waals surface area contributed by atoms with Crippen LogP contribution in [-0.2, 0) is 6.61 Å². The lowest BCUT2D eigenvalue weighted by Crippen LogP contribution is -1.96. The SMILES string of the molecule is Cc1nnc(COc2ccc3c(C)ccnc3c2)o1. The van der Waals surface area contributed by atoms with Gasteiger partial charge in [0.05, 0.1) is 5.52 Å². The van der Waals surface area contributed by atoms with Gasteiger partial charge in [0.25, 0.3) is 5.89 Å². The molecule has 0 bridgehead atoms. The van der Waals surface area contributed by atoms with Crippen molar-refractivity contribution in [3.63, 3.8) is 0 Å². The fourth-order valence-corrected chi connectivity index (χ4v) is 1.90. The van der Waals surface area contributed by atoms with Gasteiger partial charge in [-0.15, -0.1) is 10.2 Å². The number of nitrogens with zero attached hydrogens (tertiary/aromatic N) is 3. The van der Waals surface area contributed by atoms with E-state index >= 15 is 0 Å². The lowest BCUT2D eigenvalue weighted by molar-refractivity contribution is 0.260. The molecule has 3 rings (SSSR count). The van der Waals surface area contributed by atoms with Gasteiger partial charge in [0.15, 0.2) is 6.61 Å². The molecule has 5 nitrogen and oxygen atoms in total. The summed E-state index contributed by atoms with van der Waals surface area (Å²) in [5.41, 5.74) is 2.11. The minimum absolute atomic E-state index is 0.262. The average molecular weight is 255 g/mol. The van der Waals surface area contributed by atoms with Crippen LogP contribution < -0.4 is 4.74 Å². The lowest BCUT2D eigenvalue weighted by Gasteiger charge is -2.05. The number of hydrogen-bond acceptors (Lipinski definition) is 5. The van der Waals surface area contributed by atoms with Crippen LogP contribution in [0.2, 0.25) is 0 Å². The summed E-state index contributed by atoms with van der Waals surface area (Å²) >= 11 is 0. The average Bonchev–Trinajstić information content (AvgIpc) is 2.82. The van der Waals surface area contributed by atoms with Gasteiger partial charge in [0, 0.05) is 24.6 Å². The quantitative estimate of drug-likeness (QED) is 0.720. The highest BCUT2D eigenvalue weighted by Crippen LogP contribution is 2.22. The van der Waals surface area contributed by atoms with Crippen molar-refractivity contribution in [3.8, 4) is 5.75 Å². The second-order valence-corrected chi connectivity index (χ2v) is 4.31. The molecule has 0 fully saturated rings. The van der Waals surface area contributed by atoms with Crippen molar-refractivity contribution >= 4 is 10.9 Å². The van der Waals surface area contributed by atoms with Crippen molar-refractivity contribution in [2.45, 2.75) is 20.5 Å². The molecule has 0 N–H and O–H groups in total. The van der Waals surface area contributed by atoms with Gasteiger partial charge in [-0.1, -0.05) is 0 Å². The second-order valence-electron chi connectivity index (χ2n) is 4.31. The molecule has 19 heavy (non-hydrogen) atoms. The lowest BCUT2D eigenvalue weighted by atomic mass is 10.1. The highest BCUT2D eigenvalue weighted by molar-refractivity contribution is 5.82. The van der Waals surface area contributed by atoms with Gasteiger partial charge in [0.1, 0.15) is 5.75 Å². The number of pyridine rings is 1. The van der Waals surface area contributed by atoms with E-state index in [1.54, 1.807) is 13.1 Å². The van der Waals surface area contributed by atoms with Crippen LogP contribution in [0.3, 0.4) is 0 Å². The third kappa shape index (κ3) is 2.40. The Labute approximate surface area is 110 Å². The van der Waals surface area contributed by atoms with E-state index in [-0.39, 0.29) is 6.61 Å². The summed E-state index contributed by atoms with van der Waals surface area (Å²) in [6, 6.07) is 7.82. The molecule has 0 atom stereocenters. The fraction of sp³-hybridized carbons (Fsp3) is 0.214. The van der Waals surface area contributed by atoms with Crippen LogP contribution in [-0.4, -0.2) is 15.2 Å². The zero-order chi connectivity index (χ0) is 13.2. The van der Waals surface area contributed by atoms with Crippen LogP contribution in [0.1, 0.15) is 17.3 Å². The topological polar surface area (TPSA) is 61.0 Å². The van der Waals surface area contributed by atoms with Gasteiger partial charge in [-0.25, -0.2) is 0 Å². The zero-order valence-electron chi connectivity index (χ0n) is 10.8. The molecule has 1 aromatic carbocycles. The van der Waals surface area contributed by atoms with Crippen molar-refractivity contribution in [2.24, 2.45) is 0 Å². The van der Waals surface area contributed by atoms with Crippen molar-refractivity contribution in [2.75, 3.05) is 0 Å². The standard InChI is InChI=1S/C14H13N3O2/c1-9-5-6-15-13-7-11(3-4-12(9)13)18-8-14-17-16-10(2)19-14/h3-7H,8H2,1-2H3. The van der Waals surface area contributed by atoms with Crippen molar-refractivity contribution < 1.29 is 9.15 Å². The van der Waals surface area contributed by atoms with Gasteiger partial charge in [0.2, 0.25) is 5.89 Å². The van der Waals surface area contributed by atoms with E-state index < -0.39 is 0 Å².